The van der Waals surface area contributed by atoms with Crippen molar-refractivity contribution in [3.63, 3.8) is 0 Å². The van der Waals surface area contributed by atoms with Gasteiger partial charge in [0.1, 0.15) is 4.88 Å². The Morgan fingerprint density at radius 3 is 2.43 bits per heavy atom. The van der Waals surface area contributed by atoms with E-state index in [9.17, 15) is 9.59 Å². The van der Waals surface area contributed by atoms with Crippen LogP contribution < -0.4 is 5.32 Å². The van der Waals surface area contributed by atoms with E-state index in [2.05, 4.69) is 5.32 Å². The minimum Gasteiger partial charge on any atom is -0.321 e. The van der Waals surface area contributed by atoms with E-state index in [1.807, 2.05) is 25.1 Å². The SMILES string of the molecule is Cc1ccc2c(Cl)c(C(=O)Nc3ccc(C(=O)Cl)cc3)sc2c1. The summed E-state index contributed by atoms with van der Waals surface area (Å²) >= 11 is 13.1. The van der Waals surface area contributed by atoms with Gasteiger partial charge in [-0.15, -0.1) is 11.3 Å². The summed E-state index contributed by atoms with van der Waals surface area (Å²) in [7, 11) is 0. The third-order valence-electron chi connectivity index (χ3n) is 3.36. The van der Waals surface area contributed by atoms with E-state index in [0.717, 1.165) is 15.6 Å². The summed E-state index contributed by atoms with van der Waals surface area (Å²) in [5, 5.41) is 3.56. The maximum atomic E-state index is 12.4. The first kappa shape index (κ1) is 16.0. The molecule has 0 aliphatic rings. The highest BCUT2D eigenvalue weighted by atomic mass is 35.5. The number of thiophene rings is 1. The van der Waals surface area contributed by atoms with Gasteiger partial charge in [-0.3, -0.25) is 9.59 Å². The molecule has 1 heterocycles. The van der Waals surface area contributed by atoms with Crippen LogP contribution in [0.5, 0.6) is 0 Å². The molecule has 2 aromatic carbocycles. The zero-order chi connectivity index (χ0) is 16.6. The first-order chi connectivity index (χ1) is 11.0. The fourth-order valence-electron chi connectivity index (χ4n) is 2.19. The second-order valence-corrected chi connectivity index (χ2v) is 6.82. The number of carbonyl (C=O) groups is 2. The summed E-state index contributed by atoms with van der Waals surface area (Å²) in [6, 6.07) is 12.2. The van der Waals surface area contributed by atoms with Gasteiger partial charge in [0, 0.05) is 21.3 Å². The first-order valence-electron chi connectivity index (χ1n) is 6.75. The van der Waals surface area contributed by atoms with Crippen LogP contribution in [0.2, 0.25) is 5.02 Å². The number of fused-ring (bicyclic) bond motifs is 1. The van der Waals surface area contributed by atoms with Crippen molar-refractivity contribution in [2.45, 2.75) is 6.92 Å². The largest absolute Gasteiger partial charge is 0.321 e. The Kier molecular flexibility index (Phi) is 4.39. The summed E-state index contributed by atoms with van der Waals surface area (Å²) in [6.45, 7) is 1.99. The Balaban J connectivity index is 1.88. The topological polar surface area (TPSA) is 46.2 Å². The summed E-state index contributed by atoms with van der Waals surface area (Å²) in [5.74, 6) is -0.279. The van der Waals surface area contributed by atoms with E-state index in [0.29, 0.717) is 21.2 Å². The smallest absolute Gasteiger partial charge is 0.267 e. The van der Waals surface area contributed by atoms with Crippen LogP contribution in [-0.4, -0.2) is 11.1 Å². The van der Waals surface area contributed by atoms with Gasteiger partial charge in [0.05, 0.1) is 5.02 Å². The number of hydrogen-bond donors (Lipinski definition) is 1. The number of halogens is 2. The van der Waals surface area contributed by atoms with Gasteiger partial charge in [0.2, 0.25) is 0 Å². The molecule has 3 aromatic rings. The predicted octanol–water partition coefficient (Wildman–Crippen LogP) is 5.49. The lowest BCUT2D eigenvalue weighted by atomic mass is 10.2. The number of benzene rings is 2. The zero-order valence-electron chi connectivity index (χ0n) is 12.0. The molecule has 1 N–H and O–H groups in total. The lowest BCUT2D eigenvalue weighted by Crippen LogP contribution is -2.10. The number of aryl methyl sites for hydroxylation is 1. The molecule has 0 fully saturated rings. The average Bonchev–Trinajstić information content (AvgIpc) is 2.84. The van der Waals surface area contributed by atoms with Crippen molar-refractivity contribution in [2.24, 2.45) is 0 Å². The summed E-state index contributed by atoms with van der Waals surface area (Å²) in [4.78, 5) is 23.9. The van der Waals surface area contributed by atoms with Crippen LogP contribution in [0.3, 0.4) is 0 Å². The highest BCUT2D eigenvalue weighted by Crippen LogP contribution is 2.36. The standard InChI is InChI=1S/C17H11Cl2NO2S/c1-9-2-7-12-13(8-9)23-15(14(12)18)17(22)20-11-5-3-10(4-6-11)16(19)21/h2-8H,1H3,(H,20,22). The number of hydrogen-bond acceptors (Lipinski definition) is 3. The predicted molar refractivity (Wildman–Crippen MR) is 96.2 cm³/mol. The summed E-state index contributed by atoms with van der Waals surface area (Å²) in [5.41, 5.74) is 2.06. The molecule has 23 heavy (non-hydrogen) atoms. The molecule has 3 rings (SSSR count). The molecule has 1 aromatic heterocycles. The Morgan fingerprint density at radius 1 is 1.09 bits per heavy atom. The Hall–Kier alpha value is -1.88. The van der Waals surface area contributed by atoms with E-state index in [-0.39, 0.29) is 5.91 Å². The molecule has 0 aliphatic heterocycles. The van der Waals surface area contributed by atoms with Gasteiger partial charge < -0.3 is 5.32 Å². The van der Waals surface area contributed by atoms with Crippen molar-refractivity contribution >= 4 is 61.5 Å². The van der Waals surface area contributed by atoms with Gasteiger partial charge in [0.15, 0.2) is 0 Å². The molecule has 0 saturated carbocycles. The van der Waals surface area contributed by atoms with Crippen LogP contribution in [0.15, 0.2) is 42.5 Å². The molecule has 0 bridgehead atoms. The third-order valence-corrected chi connectivity index (χ3v) is 5.24. The van der Waals surface area contributed by atoms with E-state index < -0.39 is 5.24 Å². The van der Waals surface area contributed by atoms with Crippen molar-refractivity contribution in [3.8, 4) is 0 Å². The van der Waals surface area contributed by atoms with E-state index in [1.54, 1.807) is 24.3 Å². The summed E-state index contributed by atoms with van der Waals surface area (Å²) < 4.78 is 0.975. The minimum atomic E-state index is -0.536. The highest BCUT2D eigenvalue weighted by molar-refractivity contribution is 7.21. The number of anilines is 1. The van der Waals surface area contributed by atoms with Gasteiger partial charge in [0.25, 0.3) is 11.1 Å². The normalized spacial score (nSPS) is 10.7. The quantitative estimate of drug-likeness (QED) is 0.624. The molecular weight excluding hydrogens is 353 g/mol. The maximum absolute atomic E-state index is 12.4. The molecule has 0 aliphatic carbocycles. The van der Waals surface area contributed by atoms with Gasteiger partial charge in [-0.1, -0.05) is 23.7 Å². The first-order valence-corrected chi connectivity index (χ1v) is 8.33. The second kappa shape index (κ2) is 6.32. The lowest BCUT2D eigenvalue weighted by Gasteiger charge is -2.04. The number of amides is 1. The van der Waals surface area contributed by atoms with E-state index in [1.165, 1.54) is 11.3 Å². The molecule has 6 heteroatoms. The minimum absolute atomic E-state index is 0.279. The van der Waals surface area contributed by atoms with E-state index >= 15 is 0 Å². The third kappa shape index (κ3) is 3.24. The number of carbonyl (C=O) groups excluding carboxylic acids is 2. The van der Waals surface area contributed by atoms with Crippen molar-refractivity contribution in [3.05, 3.63) is 63.5 Å². The van der Waals surface area contributed by atoms with Gasteiger partial charge in [-0.25, -0.2) is 0 Å². The molecule has 116 valence electrons. The van der Waals surface area contributed by atoms with Crippen molar-refractivity contribution < 1.29 is 9.59 Å². The van der Waals surface area contributed by atoms with Gasteiger partial charge in [-0.2, -0.15) is 0 Å². The van der Waals surface area contributed by atoms with Gasteiger partial charge >= 0.3 is 0 Å². The molecule has 0 spiro atoms. The summed E-state index contributed by atoms with van der Waals surface area (Å²) in [6.07, 6.45) is 0. The Morgan fingerprint density at radius 2 is 1.78 bits per heavy atom. The van der Waals surface area contributed by atoms with Crippen LogP contribution in [-0.2, 0) is 0 Å². The Bertz CT molecular complexity index is 916. The average molecular weight is 364 g/mol. The molecule has 0 saturated heterocycles. The second-order valence-electron chi connectivity index (χ2n) is 5.05. The molecule has 1 amide bonds. The van der Waals surface area contributed by atoms with Gasteiger partial charge in [-0.05, 0) is 54.4 Å². The lowest BCUT2D eigenvalue weighted by molar-refractivity contribution is 0.103. The van der Waals surface area contributed by atoms with Crippen LogP contribution in [0, 0.1) is 6.92 Å². The molecule has 3 nitrogen and oxygen atoms in total. The fraction of sp³-hybridized carbons (Fsp3) is 0.0588. The number of rotatable bonds is 3. The van der Waals surface area contributed by atoms with Crippen molar-refractivity contribution in [2.75, 3.05) is 5.32 Å². The molecular formula is C17H11Cl2NO2S. The maximum Gasteiger partial charge on any atom is 0.267 e. The van der Waals surface area contributed by atoms with Crippen LogP contribution in [0.1, 0.15) is 25.6 Å². The molecule has 0 atom stereocenters. The van der Waals surface area contributed by atoms with Crippen molar-refractivity contribution in [1.29, 1.82) is 0 Å². The van der Waals surface area contributed by atoms with Crippen LogP contribution in [0.25, 0.3) is 10.1 Å². The zero-order valence-corrected chi connectivity index (χ0v) is 14.4. The molecule has 0 unspecified atom stereocenters. The molecule has 0 radical (unpaired) electrons. The fourth-order valence-corrected chi connectivity index (χ4v) is 3.83. The van der Waals surface area contributed by atoms with Crippen molar-refractivity contribution in [1.82, 2.24) is 0 Å². The Labute approximate surface area is 146 Å². The van der Waals surface area contributed by atoms with Crippen LogP contribution in [0.4, 0.5) is 5.69 Å². The van der Waals surface area contributed by atoms with Crippen LogP contribution >= 0.6 is 34.5 Å². The monoisotopic (exact) mass is 363 g/mol. The highest BCUT2D eigenvalue weighted by Gasteiger charge is 2.17. The van der Waals surface area contributed by atoms with E-state index in [4.69, 9.17) is 23.2 Å². The number of nitrogens with one attached hydrogen (secondary N) is 1.